The van der Waals surface area contributed by atoms with Crippen molar-refractivity contribution >= 4 is 35.2 Å². The van der Waals surface area contributed by atoms with E-state index in [9.17, 15) is 0 Å². The molecule has 104 valence electrons. The van der Waals surface area contributed by atoms with Gasteiger partial charge in [-0.1, -0.05) is 0 Å². The van der Waals surface area contributed by atoms with Crippen LogP contribution >= 0.6 is 35.2 Å². The first-order valence-electron chi connectivity index (χ1n) is 6.21. The molecule has 0 aliphatic heterocycles. The van der Waals surface area contributed by atoms with Crippen LogP contribution in [0.5, 0.6) is 0 Å². The minimum atomic E-state index is -0.172. The first kappa shape index (κ1) is 17.8. The summed E-state index contributed by atoms with van der Waals surface area (Å²) in [6.45, 7) is 6.36. The fourth-order valence-corrected chi connectivity index (χ4v) is 1.94. The minimum absolute atomic E-state index is 0.172. The quantitative estimate of drug-likeness (QED) is 0.266. The minimum Gasteiger partial charge on any atom is -0.328 e. The van der Waals surface area contributed by atoms with Gasteiger partial charge in [0.05, 0.1) is 32.7 Å². The zero-order chi connectivity index (χ0) is 13.5. The lowest BCUT2D eigenvalue weighted by atomic mass is 10.0. The van der Waals surface area contributed by atoms with Crippen molar-refractivity contribution in [1.29, 1.82) is 0 Å². The van der Waals surface area contributed by atoms with Gasteiger partial charge in [-0.3, -0.25) is 0 Å². The Labute approximate surface area is 122 Å². The second-order valence-electron chi connectivity index (χ2n) is 5.93. The summed E-state index contributed by atoms with van der Waals surface area (Å²) >= 11 is 17.3. The van der Waals surface area contributed by atoms with Crippen molar-refractivity contribution < 1.29 is 4.48 Å². The standard InChI is InChI=1S/C12H26Cl3N2/c1-12(2,16(14)15)8-11-17(3,4)10-7-5-6-9-13/h5-11H2,1-4H3/q+1. The molecule has 0 heterocycles. The molecule has 0 atom stereocenters. The van der Waals surface area contributed by atoms with Gasteiger partial charge in [0.25, 0.3) is 0 Å². The lowest BCUT2D eigenvalue weighted by molar-refractivity contribution is -0.891. The lowest BCUT2D eigenvalue weighted by Gasteiger charge is -2.35. The molecule has 0 fully saturated rings. The van der Waals surface area contributed by atoms with Crippen LogP contribution < -0.4 is 0 Å². The predicted octanol–water partition coefficient (Wildman–Crippen LogP) is 4.25. The highest BCUT2D eigenvalue weighted by Gasteiger charge is 2.28. The summed E-state index contributed by atoms with van der Waals surface area (Å²) in [6, 6.07) is 0. The SMILES string of the molecule is CC(C)(CC[N+](C)(C)CCCCCCl)N(Cl)Cl. The van der Waals surface area contributed by atoms with Gasteiger partial charge in [-0.2, -0.15) is 0 Å². The van der Waals surface area contributed by atoms with E-state index in [0.29, 0.717) is 0 Å². The van der Waals surface area contributed by atoms with Crippen LogP contribution in [0.25, 0.3) is 0 Å². The van der Waals surface area contributed by atoms with E-state index in [1.807, 2.05) is 0 Å². The summed E-state index contributed by atoms with van der Waals surface area (Å²) < 4.78 is 2.27. The maximum atomic E-state index is 5.82. The van der Waals surface area contributed by atoms with Crippen molar-refractivity contribution in [2.24, 2.45) is 0 Å². The molecule has 0 rings (SSSR count). The van der Waals surface area contributed by atoms with Crippen molar-refractivity contribution in [2.45, 2.75) is 45.1 Å². The van der Waals surface area contributed by atoms with E-state index >= 15 is 0 Å². The van der Waals surface area contributed by atoms with E-state index in [2.05, 4.69) is 27.9 Å². The molecule has 17 heavy (non-hydrogen) atoms. The number of alkyl halides is 1. The van der Waals surface area contributed by atoms with Gasteiger partial charge in [0.15, 0.2) is 0 Å². The topological polar surface area (TPSA) is 3.24 Å². The van der Waals surface area contributed by atoms with Crippen LogP contribution in [-0.4, -0.2) is 47.0 Å². The molecule has 0 amide bonds. The van der Waals surface area contributed by atoms with Crippen molar-refractivity contribution in [2.75, 3.05) is 33.1 Å². The van der Waals surface area contributed by atoms with Crippen molar-refractivity contribution in [3.8, 4) is 0 Å². The van der Waals surface area contributed by atoms with Crippen molar-refractivity contribution in [1.82, 2.24) is 3.94 Å². The fourth-order valence-electron chi connectivity index (χ4n) is 1.58. The van der Waals surface area contributed by atoms with Gasteiger partial charge >= 0.3 is 0 Å². The molecule has 0 spiro atoms. The number of rotatable bonds is 9. The average molecular weight is 305 g/mol. The summed E-state index contributed by atoms with van der Waals surface area (Å²) in [5.74, 6) is 0.772. The van der Waals surface area contributed by atoms with Gasteiger partial charge in [0.1, 0.15) is 0 Å². The molecule has 0 unspecified atom stereocenters. The molecule has 0 aliphatic rings. The van der Waals surface area contributed by atoms with Crippen LogP contribution in [0, 0.1) is 0 Å². The molecule has 0 saturated carbocycles. The van der Waals surface area contributed by atoms with E-state index in [0.717, 1.165) is 29.7 Å². The zero-order valence-electron chi connectivity index (χ0n) is 11.5. The second kappa shape index (κ2) is 8.06. The third-order valence-corrected chi connectivity index (χ3v) is 4.37. The number of halogens is 3. The third kappa shape index (κ3) is 8.50. The van der Waals surface area contributed by atoms with E-state index < -0.39 is 0 Å². The van der Waals surface area contributed by atoms with Gasteiger partial charge in [-0.25, -0.2) is 0 Å². The number of hydrogen-bond acceptors (Lipinski definition) is 1. The molecule has 2 nitrogen and oxygen atoms in total. The third-order valence-electron chi connectivity index (χ3n) is 3.18. The molecule has 0 bridgehead atoms. The molecule has 0 aromatic rings. The summed E-state index contributed by atoms with van der Waals surface area (Å²) in [5.41, 5.74) is -0.172. The predicted molar refractivity (Wildman–Crippen MR) is 78.7 cm³/mol. The Morgan fingerprint density at radius 1 is 1.00 bits per heavy atom. The van der Waals surface area contributed by atoms with Gasteiger partial charge in [0, 0.05) is 12.3 Å². The van der Waals surface area contributed by atoms with Gasteiger partial charge in [-0.15, -0.1) is 15.5 Å². The Balaban J connectivity index is 3.92. The molecule has 5 heteroatoms. The summed E-state index contributed by atoms with van der Waals surface area (Å²) in [6.07, 6.45) is 4.53. The maximum Gasteiger partial charge on any atom is 0.0801 e. The molecule has 0 saturated heterocycles. The normalized spacial score (nSPS) is 13.4. The Bertz CT molecular complexity index is 206. The van der Waals surface area contributed by atoms with Crippen LogP contribution in [0.15, 0.2) is 0 Å². The average Bonchev–Trinajstić information content (AvgIpc) is 2.22. The van der Waals surface area contributed by atoms with Crippen molar-refractivity contribution in [3.63, 3.8) is 0 Å². The Morgan fingerprint density at radius 3 is 2.06 bits per heavy atom. The number of quaternary nitrogens is 1. The number of unbranched alkanes of at least 4 members (excludes halogenated alkanes) is 2. The highest BCUT2D eigenvalue weighted by atomic mass is 35.5. The summed E-state index contributed by atoms with van der Waals surface area (Å²) in [7, 11) is 4.51. The van der Waals surface area contributed by atoms with E-state index in [4.69, 9.17) is 35.2 Å². The Hall–Kier alpha value is 0.790. The first-order valence-corrected chi connectivity index (χ1v) is 7.42. The van der Waals surface area contributed by atoms with Crippen molar-refractivity contribution in [3.05, 3.63) is 0 Å². The molecular weight excluding hydrogens is 279 g/mol. The number of nitrogens with zero attached hydrogens (tertiary/aromatic N) is 2. The molecule has 0 aromatic heterocycles. The van der Waals surface area contributed by atoms with Crippen LogP contribution in [0.2, 0.25) is 0 Å². The molecule has 0 radical (unpaired) electrons. The number of hydrogen-bond donors (Lipinski definition) is 0. The highest BCUT2D eigenvalue weighted by Crippen LogP contribution is 2.24. The monoisotopic (exact) mass is 303 g/mol. The molecule has 0 aromatic carbocycles. The van der Waals surface area contributed by atoms with Crippen LogP contribution in [0.1, 0.15) is 39.5 Å². The second-order valence-corrected chi connectivity index (χ2v) is 7.16. The summed E-state index contributed by atoms with van der Waals surface area (Å²) in [5, 5.41) is 0. The zero-order valence-corrected chi connectivity index (χ0v) is 13.7. The molecule has 0 aliphatic carbocycles. The van der Waals surface area contributed by atoms with Crippen LogP contribution in [-0.2, 0) is 0 Å². The largest absolute Gasteiger partial charge is 0.328 e. The Morgan fingerprint density at radius 2 is 1.59 bits per heavy atom. The van der Waals surface area contributed by atoms with Crippen LogP contribution in [0.3, 0.4) is 0 Å². The fraction of sp³-hybridized carbons (Fsp3) is 1.00. The lowest BCUT2D eigenvalue weighted by Crippen LogP contribution is -2.45. The van der Waals surface area contributed by atoms with Gasteiger partial charge < -0.3 is 4.48 Å². The molecule has 0 N–H and O–H groups in total. The maximum absolute atomic E-state index is 5.82. The van der Waals surface area contributed by atoms with E-state index in [1.54, 1.807) is 0 Å². The first-order chi connectivity index (χ1) is 7.71. The molecular formula is C12H26Cl3N2+. The summed E-state index contributed by atoms with van der Waals surface area (Å²) in [4.78, 5) is 0. The Kier molecular flexibility index (Phi) is 8.43. The van der Waals surface area contributed by atoms with Crippen LogP contribution in [0.4, 0.5) is 0 Å². The van der Waals surface area contributed by atoms with Gasteiger partial charge in [0.2, 0.25) is 0 Å². The van der Waals surface area contributed by atoms with Gasteiger partial charge in [-0.05, 0) is 56.7 Å². The van der Waals surface area contributed by atoms with E-state index in [1.165, 1.54) is 23.3 Å². The highest BCUT2D eigenvalue weighted by molar-refractivity contribution is 6.34. The van der Waals surface area contributed by atoms with E-state index in [-0.39, 0.29) is 5.54 Å². The smallest absolute Gasteiger partial charge is 0.0801 e.